The molecule has 2 aromatic rings. The van der Waals surface area contributed by atoms with Gasteiger partial charge in [0.2, 0.25) is 0 Å². The molecule has 2 aromatic heterocycles. The number of thioether (sulfide) groups is 1. The number of pyridine rings is 2. The lowest BCUT2D eigenvalue weighted by molar-refractivity contribution is -0.000161. The van der Waals surface area contributed by atoms with Crippen molar-refractivity contribution in [2.75, 3.05) is 19.5 Å². The van der Waals surface area contributed by atoms with Gasteiger partial charge >= 0.3 is 0 Å². The third-order valence-electron chi connectivity index (χ3n) is 5.30. The van der Waals surface area contributed by atoms with Gasteiger partial charge < -0.3 is 9.68 Å². The molecule has 0 spiro atoms. The maximum Gasteiger partial charge on any atom is 0.125 e. The van der Waals surface area contributed by atoms with Crippen LogP contribution < -0.4 is 0 Å². The van der Waals surface area contributed by atoms with Crippen LogP contribution in [-0.2, 0) is 16.1 Å². The first-order valence-corrected chi connectivity index (χ1v) is 12.3. The lowest BCUT2D eigenvalue weighted by atomic mass is 9.94. The van der Waals surface area contributed by atoms with E-state index in [-0.39, 0.29) is 5.41 Å². The molecule has 32 heavy (non-hydrogen) atoms. The molecule has 0 amide bonds. The number of fused-ring (bicyclic) bond motifs is 1. The van der Waals surface area contributed by atoms with E-state index in [4.69, 9.17) is 14.7 Å². The Hall–Kier alpha value is -2.41. The highest BCUT2D eigenvalue weighted by Crippen LogP contribution is 2.30. The van der Waals surface area contributed by atoms with Crippen LogP contribution in [0.1, 0.15) is 67.5 Å². The molecule has 0 N–H and O–H groups in total. The lowest BCUT2D eigenvalue weighted by Gasteiger charge is -2.23. The van der Waals surface area contributed by atoms with Crippen LogP contribution in [0, 0.1) is 26.2 Å². The molecule has 2 heterocycles. The number of oxime groups is 2. The third-order valence-corrected chi connectivity index (χ3v) is 6.10. The fourth-order valence-electron chi connectivity index (χ4n) is 3.68. The van der Waals surface area contributed by atoms with Crippen molar-refractivity contribution < 1.29 is 9.68 Å². The Morgan fingerprint density at radius 3 is 2.47 bits per heavy atom. The minimum atomic E-state index is -0.244. The number of nitrogens with zero attached hydrogens (tertiary/aromatic N) is 4. The van der Waals surface area contributed by atoms with Crippen molar-refractivity contribution in [2.24, 2.45) is 15.7 Å². The zero-order valence-corrected chi connectivity index (χ0v) is 21.1. The highest BCUT2D eigenvalue weighted by Gasteiger charge is 2.23. The van der Waals surface area contributed by atoms with Gasteiger partial charge in [0.05, 0.1) is 11.4 Å². The number of aromatic nitrogens is 2. The second-order valence-corrected chi connectivity index (χ2v) is 10.1. The van der Waals surface area contributed by atoms with Crippen molar-refractivity contribution in [1.29, 1.82) is 0 Å². The largest absolute Gasteiger partial charge is 0.395 e. The summed E-state index contributed by atoms with van der Waals surface area (Å²) in [6.07, 6.45) is 5.12. The molecule has 0 bridgehead atoms. The first-order chi connectivity index (χ1) is 15.2. The van der Waals surface area contributed by atoms with Gasteiger partial charge in [-0.1, -0.05) is 24.2 Å². The first kappa shape index (κ1) is 24.2. The molecule has 0 aromatic carbocycles. The van der Waals surface area contributed by atoms with E-state index in [2.05, 4.69) is 48.4 Å². The van der Waals surface area contributed by atoms with Gasteiger partial charge in [0.15, 0.2) is 0 Å². The summed E-state index contributed by atoms with van der Waals surface area (Å²) in [7, 11) is 0. The smallest absolute Gasteiger partial charge is 0.125 e. The molecule has 0 saturated carbocycles. The van der Waals surface area contributed by atoms with Gasteiger partial charge in [-0.25, -0.2) is 0 Å². The standard InChI is InChI=1S/C25H34N4O2S/c1-16-11-17(2)26-22(12-16)19(4)28-30-14-25(5,6)15-31-29-21-10-8-9-20-23(32-7)13-18(3)27-24(20)21/h11-13H,8-10,14-15H2,1-7H3/b28-19+,29-21+. The molecule has 172 valence electrons. The molecule has 1 aliphatic carbocycles. The van der Waals surface area contributed by atoms with Crippen LogP contribution in [0.3, 0.4) is 0 Å². The Balaban J connectivity index is 1.60. The van der Waals surface area contributed by atoms with Crippen LogP contribution in [0.5, 0.6) is 0 Å². The summed E-state index contributed by atoms with van der Waals surface area (Å²) in [5.41, 5.74) is 7.74. The lowest BCUT2D eigenvalue weighted by Crippen LogP contribution is -2.25. The fourth-order valence-corrected chi connectivity index (χ4v) is 4.41. The second kappa shape index (κ2) is 10.5. The summed E-state index contributed by atoms with van der Waals surface area (Å²) in [5, 5.41) is 8.75. The molecule has 0 fully saturated rings. The molecule has 0 atom stereocenters. The highest BCUT2D eigenvalue weighted by atomic mass is 32.2. The maximum atomic E-state index is 5.78. The van der Waals surface area contributed by atoms with Crippen molar-refractivity contribution in [1.82, 2.24) is 9.97 Å². The normalized spacial score (nSPS) is 15.6. The molecule has 6 nitrogen and oxygen atoms in total. The predicted octanol–water partition coefficient (Wildman–Crippen LogP) is 5.65. The molecule has 1 aliphatic rings. The molecule has 0 radical (unpaired) electrons. The van der Waals surface area contributed by atoms with E-state index in [1.807, 2.05) is 32.9 Å². The maximum absolute atomic E-state index is 5.78. The molecule has 3 rings (SSSR count). The van der Waals surface area contributed by atoms with Gasteiger partial charge in [0.25, 0.3) is 0 Å². The van der Waals surface area contributed by atoms with E-state index in [9.17, 15) is 0 Å². The minimum absolute atomic E-state index is 0.244. The zero-order valence-electron chi connectivity index (χ0n) is 20.3. The van der Waals surface area contributed by atoms with Crippen LogP contribution >= 0.6 is 11.8 Å². The van der Waals surface area contributed by atoms with Gasteiger partial charge in [0.1, 0.15) is 24.6 Å². The number of aryl methyl sites for hydroxylation is 3. The molecule has 7 heteroatoms. The second-order valence-electron chi connectivity index (χ2n) is 9.24. The minimum Gasteiger partial charge on any atom is -0.395 e. The van der Waals surface area contributed by atoms with Crippen LogP contribution in [0.25, 0.3) is 0 Å². The fraction of sp³-hybridized carbons (Fsp3) is 0.520. The van der Waals surface area contributed by atoms with Gasteiger partial charge in [-0.2, -0.15) is 0 Å². The van der Waals surface area contributed by atoms with E-state index < -0.39 is 0 Å². The van der Waals surface area contributed by atoms with E-state index >= 15 is 0 Å². The van der Waals surface area contributed by atoms with Gasteiger partial charge in [0, 0.05) is 21.7 Å². The Morgan fingerprint density at radius 1 is 1.03 bits per heavy atom. The summed E-state index contributed by atoms with van der Waals surface area (Å²) >= 11 is 1.77. The van der Waals surface area contributed by atoms with Gasteiger partial charge in [-0.15, -0.1) is 11.8 Å². The SMILES string of the molecule is CSc1cc(C)nc2c1CCC/C2=N\OCC(C)(C)CO/N=C(\C)c1cc(C)cc(C)n1. The van der Waals surface area contributed by atoms with E-state index in [1.54, 1.807) is 11.8 Å². The monoisotopic (exact) mass is 454 g/mol. The Morgan fingerprint density at radius 2 is 1.75 bits per heavy atom. The summed E-state index contributed by atoms with van der Waals surface area (Å²) in [6, 6.07) is 6.21. The first-order valence-electron chi connectivity index (χ1n) is 11.0. The van der Waals surface area contributed by atoms with Gasteiger partial charge in [-0.05, 0) is 82.5 Å². The predicted molar refractivity (Wildman–Crippen MR) is 132 cm³/mol. The average molecular weight is 455 g/mol. The van der Waals surface area contributed by atoms with E-state index in [1.165, 1.54) is 10.5 Å². The van der Waals surface area contributed by atoms with Crippen LogP contribution in [0.4, 0.5) is 0 Å². The summed E-state index contributed by atoms with van der Waals surface area (Å²) in [4.78, 5) is 22.0. The Kier molecular flexibility index (Phi) is 7.93. The zero-order chi connectivity index (χ0) is 23.3. The summed E-state index contributed by atoms with van der Waals surface area (Å²) in [5.74, 6) is 0. The molecule has 0 unspecified atom stereocenters. The Labute approximate surface area is 195 Å². The van der Waals surface area contributed by atoms with Crippen molar-refractivity contribution >= 4 is 23.2 Å². The topological polar surface area (TPSA) is 69.0 Å². The van der Waals surface area contributed by atoms with Crippen molar-refractivity contribution in [2.45, 2.75) is 65.7 Å². The van der Waals surface area contributed by atoms with E-state index in [0.29, 0.717) is 13.2 Å². The Bertz CT molecular complexity index is 1010. The summed E-state index contributed by atoms with van der Waals surface area (Å²) < 4.78 is 0. The van der Waals surface area contributed by atoms with Crippen LogP contribution in [0.15, 0.2) is 33.4 Å². The number of hydrogen-bond acceptors (Lipinski definition) is 7. The van der Waals surface area contributed by atoms with Crippen molar-refractivity contribution in [3.8, 4) is 0 Å². The quantitative estimate of drug-likeness (QED) is 0.293. The van der Waals surface area contributed by atoms with Gasteiger partial charge in [-0.3, -0.25) is 9.97 Å². The van der Waals surface area contributed by atoms with Crippen LogP contribution in [0.2, 0.25) is 0 Å². The third kappa shape index (κ3) is 6.31. The van der Waals surface area contributed by atoms with Crippen molar-refractivity contribution in [3.63, 3.8) is 0 Å². The van der Waals surface area contributed by atoms with Crippen molar-refractivity contribution in [3.05, 3.63) is 52.1 Å². The summed E-state index contributed by atoms with van der Waals surface area (Å²) in [6.45, 7) is 13.0. The number of rotatable bonds is 8. The van der Waals surface area contributed by atoms with E-state index in [0.717, 1.165) is 59.0 Å². The van der Waals surface area contributed by atoms with Crippen LogP contribution in [-0.4, -0.2) is 40.9 Å². The molecular formula is C25H34N4O2S. The molecule has 0 saturated heterocycles. The molecule has 0 aliphatic heterocycles. The highest BCUT2D eigenvalue weighted by molar-refractivity contribution is 7.98. The number of hydrogen-bond donors (Lipinski definition) is 0. The average Bonchev–Trinajstić information content (AvgIpc) is 2.72. The molecular weight excluding hydrogens is 420 g/mol.